The van der Waals surface area contributed by atoms with Crippen LogP contribution in [0.25, 0.3) is 17.2 Å². The maximum atomic E-state index is 13.1. The Morgan fingerprint density at radius 3 is 2.57 bits per heavy atom. The molecule has 1 unspecified atom stereocenters. The number of carbonyl (C=O) groups excluding carboxylic acids is 2. The second kappa shape index (κ2) is 9.94. The number of halogens is 3. The van der Waals surface area contributed by atoms with Crippen LogP contribution in [0.1, 0.15) is 34.3 Å². The summed E-state index contributed by atoms with van der Waals surface area (Å²) in [6.45, 7) is -1.09. The van der Waals surface area contributed by atoms with Gasteiger partial charge in [0.15, 0.2) is 5.78 Å². The van der Waals surface area contributed by atoms with Gasteiger partial charge in [-0.05, 0) is 77.2 Å². The number of ketones is 1. The summed E-state index contributed by atoms with van der Waals surface area (Å²) in [6, 6.07) is 14.1. The minimum absolute atomic E-state index is 0.0141. The average Bonchev–Trinajstić information content (AvgIpc) is 3.29. The third-order valence-electron chi connectivity index (χ3n) is 6.43. The van der Waals surface area contributed by atoms with Crippen LogP contribution in [0.2, 0.25) is 5.02 Å². The van der Waals surface area contributed by atoms with Crippen LogP contribution in [-0.4, -0.2) is 46.7 Å². The van der Waals surface area contributed by atoms with E-state index in [2.05, 4.69) is 4.98 Å². The molecule has 0 saturated carbocycles. The zero-order chi connectivity index (χ0) is 26.2. The van der Waals surface area contributed by atoms with Gasteiger partial charge in [-0.15, -0.1) is 0 Å². The average molecular weight is 524 g/mol. The van der Waals surface area contributed by atoms with Gasteiger partial charge in [0.2, 0.25) is 0 Å². The molecule has 1 amide bonds. The van der Waals surface area contributed by atoms with Crippen molar-refractivity contribution in [3.05, 3.63) is 82.5 Å². The molecule has 1 atom stereocenters. The summed E-state index contributed by atoms with van der Waals surface area (Å²) in [4.78, 5) is 29.8. The molecule has 2 aromatic carbocycles. The number of amides is 1. The number of benzene rings is 2. The van der Waals surface area contributed by atoms with Crippen LogP contribution in [0.5, 0.6) is 5.75 Å². The molecule has 2 N–H and O–H groups in total. The molecule has 2 aliphatic rings. The number of likely N-dealkylation sites (tertiary alicyclic amines) is 1. The van der Waals surface area contributed by atoms with Crippen molar-refractivity contribution in [3.8, 4) is 16.9 Å². The largest absolute Gasteiger partial charge is 0.488 e. The Morgan fingerprint density at radius 1 is 1.14 bits per heavy atom. The molecule has 1 fully saturated rings. The molecule has 2 aliphatic heterocycles. The Hall–Kier alpha value is -3.78. The molecule has 1 aromatic heterocycles. The Morgan fingerprint density at radius 2 is 1.89 bits per heavy atom. The summed E-state index contributed by atoms with van der Waals surface area (Å²) in [7, 11) is 0. The topological polar surface area (TPSA) is 85.5 Å². The number of nitrogen functional groups attached to an aromatic ring is 1. The highest BCUT2D eigenvalue weighted by atomic mass is 35.5. The van der Waals surface area contributed by atoms with Crippen molar-refractivity contribution in [1.82, 2.24) is 9.88 Å². The van der Waals surface area contributed by atoms with Crippen molar-refractivity contribution in [2.75, 3.05) is 18.8 Å². The number of anilines is 1. The monoisotopic (exact) mass is 523 g/mol. The summed E-state index contributed by atoms with van der Waals surface area (Å²) in [5.74, 6) is -2.17. The number of rotatable bonds is 7. The maximum Gasteiger partial charge on any atom is 0.282 e. The molecule has 6 nitrogen and oxygen atoms in total. The van der Waals surface area contributed by atoms with Crippen LogP contribution >= 0.6 is 11.6 Å². The summed E-state index contributed by atoms with van der Waals surface area (Å²) in [6.07, 6.45) is 6.20. The highest BCUT2D eigenvalue weighted by Gasteiger charge is 2.46. The van der Waals surface area contributed by atoms with Crippen LogP contribution in [0.4, 0.5) is 14.6 Å². The lowest BCUT2D eigenvalue weighted by atomic mass is 9.98. The summed E-state index contributed by atoms with van der Waals surface area (Å²) < 4.78 is 32.2. The summed E-state index contributed by atoms with van der Waals surface area (Å²) in [5.41, 5.74) is 9.38. The lowest BCUT2D eigenvalue weighted by Crippen LogP contribution is -2.58. The zero-order valence-corrected chi connectivity index (χ0v) is 20.6. The Kier molecular flexibility index (Phi) is 6.69. The zero-order valence-electron chi connectivity index (χ0n) is 19.8. The van der Waals surface area contributed by atoms with Gasteiger partial charge in [-0.2, -0.15) is 0 Å². The van der Waals surface area contributed by atoms with Crippen molar-refractivity contribution in [3.63, 3.8) is 0 Å². The number of fused-ring (bicyclic) bond motifs is 1. The van der Waals surface area contributed by atoms with Crippen LogP contribution in [0.3, 0.4) is 0 Å². The van der Waals surface area contributed by atoms with Gasteiger partial charge in [0.1, 0.15) is 17.7 Å². The van der Waals surface area contributed by atoms with E-state index < -0.39 is 24.9 Å². The van der Waals surface area contributed by atoms with Crippen LogP contribution in [0, 0.1) is 0 Å². The minimum Gasteiger partial charge on any atom is -0.488 e. The van der Waals surface area contributed by atoms with Gasteiger partial charge >= 0.3 is 0 Å². The fourth-order valence-corrected chi connectivity index (χ4v) is 4.73. The minimum atomic E-state index is -2.80. The number of nitrogens with two attached hydrogens (primary N) is 1. The van der Waals surface area contributed by atoms with Crippen molar-refractivity contribution in [2.24, 2.45) is 0 Å². The second-order valence-electron chi connectivity index (χ2n) is 9.34. The van der Waals surface area contributed by atoms with Gasteiger partial charge in [0, 0.05) is 24.6 Å². The Labute approximate surface area is 217 Å². The summed E-state index contributed by atoms with van der Waals surface area (Å²) >= 11 is 6.51. The predicted molar refractivity (Wildman–Crippen MR) is 138 cm³/mol. The highest BCUT2D eigenvalue weighted by molar-refractivity contribution is 6.32. The van der Waals surface area contributed by atoms with E-state index in [9.17, 15) is 18.4 Å². The number of alkyl halides is 2. The number of hydrogen-bond donors (Lipinski definition) is 1. The lowest BCUT2D eigenvalue weighted by Gasteiger charge is -2.38. The van der Waals surface area contributed by atoms with Crippen LogP contribution < -0.4 is 10.5 Å². The van der Waals surface area contributed by atoms with Gasteiger partial charge in [0.05, 0.1) is 18.1 Å². The molecule has 1 saturated heterocycles. The van der Waals surface area contributed by atoms with E-state index in [4.69, 9.17) is 22.1 Å². The van der Waals surface area contributed by atoms with Gasteiger partial charge < -0.3 is 15.4 Å². The number of aromatic nitrogens is 1. The number of nitrogens with zero attached hydrogens (tertiary/aromatic N) is 2. The molecular weight excluding hydrogens is 500 g/mol. The number of allylic oxidation sites excluding steroid dienone is 1. The second-order valence-corrected chi connectivity index (χ2v) is 9.75. The normalized spacial score (nSPS) is 17.8. The quantitative estimate of drug-likeness (QED) is 0.417. The SMILES string of the molecule is Nc1ccc(/C=C/C(=O)CCC2Cc3cc(-c4ccc(C(=O)N5CC(F)(F)C5)cc4)cc(Cl)c3O2)cn1. The fraction of sp³-hybridized carbons (Fsp3) is 0.250. The first-order valence-corrected chi connectivity index (χ1v) is 12.2. The van der Waals surface area contributed by atoms with E-state index in [1.165, 1.54) is 6.08 Å². The molecule has 5 rings (SSSR count). The molecule has 190 valence electrons. The third kappa shape index (κ3) is 5.64. The summed E-state index contributed by atoms with van der Waals surface area (Å²) in [5, 5.41) is 0.472. The van der Waals surface area contributed by atoms with E-state index in [0.29, 0.717) is 41.4 Å². The molecule has 3 aromatic rings. The van der Waals surface area contributed by atoms with E-state index in [1.54, 1.807) is 54.7 Å². The van der Waals surface area contributed by atoms with E-state index in [0.717, 1.165) is 27.2 Å². The van der Waals surface area contributed by atoms with Crippen molar-refractivity contribution < 1.29 is 23.1 Å². The number of hydrogen-bond acceptors (Lipinski definition) is 5. The molecule has 0 aliphatic carbocycles. The molecule has 0 bridgehead atoms. The van der Waals surface area contributed by atoms with Crippen LogP contribution in [0.15, 0.2) is 60.8 Å². The van der Waals surface area contributed by atoms with Crippen molar-refractivity contribution in [1.29, 1.82) is 0 Å². The first kappa shape index (κ1) is 24.9. The number of carbonyl (C=O) groups is 2. The first-order valence-electron chi connectivity index (χ1n) is 11.9. The van der Waals surface area contributed by atoms with E-state index in [1.807, 2.05) is 6.07 Å². The molecule has 0 spiro atoms. The smallest absolute Gasteiger partial charge is 0.282 e. The van der Waals surface area contributed by atoms with Gasteiger partial charge in [-0.3, -0.25) is 9.59 Å². The van der Waals surface area contributed by atoms with Gasteiger partial charge in [0.25, 0.3) is 11.8 Å². The number of ether oxygens (including phenoxy) is 1. The molecule has 37 heavy (non-hydrogen) atoms. The van der Waals surface area contributed by atoms with E-state index >= 15 is 0 Å². The molecular formula is C28H24ClF2N3O3. The Balaban J connectivity index is 1.19. The van der Waals surface area contributed by atoms with Crippen LogP contribution in [-0.2, 0) is 11.2 Å². The standard InChI is InChI=1S/C28H24ClF2N3O3/c29-24-13-20(18-3-5-19(6-4-18)27(36)34-15-28(30,31)16-34)11-21-12-23(37-26(21)24)9-8-22(35)7-1-17-2-10-25(32)33-14-17/h1-7,10-11,13-14,23H,8-9,12,15-16H2,(H2,32,33)/b7-1+. The predicted octanol–water partition coefficient (Wildman–Crippen LogP) is 5.44. The van der Waals surface area contributed by atoms with Gasteiger partial charge in [-0.1, -0.05) is 23.7 Å². The molecule has 3 heterocycles. The molecule has 9 heteroatoms. The van der Waals surface area contributed by atoms with Crippen molar-refractivity contribution >= 4 is 35.2 Å². The fourth-order valence-electron chi connectivity index (χ4n) is 4.45. The van der Waals surface area contributed by atoms with Crippen molar-refractivity contribution in [2.45, 2.75) is 31.3 Å². The third-order valence-corrected chi connectivity index (χ3v) is 6.71. The lowest BCUT2D eigenvalue weighted by molar-refractivity contribution is -0.115. The number of pyridine rings is 1. The molecule has 0 radical (unpaired) electrons. The first-order chi connectivity index (χ1) is 17.7. The maximum absolute atomic E-state index is 13.1. The van der Waals surface area contributed by atoms with Gasteiger partial charge in [-0.25, -0.2) is 13.8 Å². The highest BCUT2D eigenvalue weighted by Crippen LogP contribution is 2.40. The van der Waals surface area contributed by atoms with E-state index in [-0.39, 0.29) is 11.9 Å². The Bertz CT molecular complexity index is 1370.